The smallest absolute Gasteiger partial charge is 0.254 e. The molecular weight excluding hydrogens is 242 g/mol. The minimum absolute atomic E-state index is 0.0686. The van der Waals surface area contributed by atoms with Crippen LogP contribution in [0.1, 0.15) is 29.4 Å². The van der Waals surface area contributed by atoms with Gasteiger partial charge in [-0.1, -0.05) is 6.92 Å². The summed E-state index contributed by atoms with van der Waals surface area (Å²) in [4.78, 5) is 18.8. The van der Waals surface area contributed by atoms with E-state index in [2.05, 4.69) is 10.3 Å². The van der Waals surface area contributed by atoms with Gasteiger partial charge in [0.2, 0.25) is 0 Å². The van der Waals surface area contributed by atoms with Crippen molar-refractivity contribution in [2.75, 3.05) is 38.7 Å². The van der Waals surface area contributed by atoms with Crippen LogP contribution < -0.4 is 5.32 Å². The van der Waals surface area contributed by atoms with Gasteiger partial charge in [0.25, 0.3) is 5.91 Å². The van der Waals surface area contributed by atoms with Gasteiger partial charge in [-0.2, -0.15) is 0 Å². The van der Waals surface area contributed by atoms with Crippen LogP contribution in [0, 0.1) is 0 Å². The number of ether oxygens (including phenoxy) is 1. The first-order chi connectivity index (χ1) is 9.24. The summed E-state index contributed by atoms with van der Waals surface area (Å²) >= 11 is 0. The molecule has 1 aliphatic rings. The Morgan fingerprint density at radius 2 is 2.26 bits per heavy atom. The maximum Gasteiger partial charge on any atom is 0.254 e. The summed E-state index contributed by atoms with van der Waals surface area (Å²) in [6.45, 7) is 4.82. The number of aryl methyl sites for hydroxylation is 1. The summed E-state index contributed by atoms with van der Waals surface area (Å²) < 4.78 is 5.38. The van der Waals surface area contributed by atoms with E-state index in [-0.39, 0.29) is 5.91 Å². The van der Waals surface area contributed by atoms with Gasteiger partial charge in [0.05, 0.1) is 6.61 Å². The lowest BCUT2D eigenvalue weighted by atomic mass is 10.1. The van der Waals surface area contributed by atoms with E-state index in [0.29, 0.717) is 18.7 Å². The van der Waals surface area contributed by atoms with Crippen molar-refractivity contribution in [3.8, 4) is 0 Å². The monoisotopic (exact) mass is 263 g/mol. The van der Waals surface area contributed by atoms with Crippen LogP contribution in [0.5, 0.6) is 0 Å². The largest absolute Gasteiger partial charge is 0.380 e. The van der Waals surface area contributed by atoms with Crippen LogP contribution in [0.4, 0.5) is 5.82 Å². The van der Waals surface area contributed by atoms with Crippen LogP contribution in [-0.4, -0.2) is 49.1 Å². The molecule has 19 heavy (non-hydrogen) atoms. The van der Waals surface area contributed by atoms with Crippen molar-refractivity contribution in [1.29, 1.82) is 0 Å². The van der Waals surface area contributed by atoms with E-state index in [9.17, 15) is 4.79 Å². The fourth-order valence-corrected chi connectivity index (χ4v) is 2.15. The highest BCUT2D eigenvalue weighted by Crippen LogP contribution is 2.14. The normalized spacial score (nSPS) is 16.0. The number of aromatic nitrogens is 1. The number of hydrogen-bond donors (Lipinski definition) is 1. The van der Waals surface area contributed by atoms with Crippen molar-refractivity contribution in [1.82, 2.24) is 9.88 Å². The Hall–Kier alpha value is -1.62. The molecule has 0 saturated carbocycles. The molecule has 1 aromatic rings. The average Bonchev–Trinajstić information content (AvgIpc) is 2.74. The molecule has 0 atom stereocenters. The lowest BCUT2D eigenvalue weighted by molar-refractivity contribution is 0.0741. The third-order valence-corrected chi connectivity index (χ3v) is 3.25. The average molecular weight is 263 g/mol. The van der Waals surface area contributed by atoms with Gasteiger partial charge in [0.1, 0.15) is 5.82 Å². The fraction of sp³-hybridized carbons (Fsp3) is 0.571. The zero-order valence-corrected chi connectivity index (χ0v) is 11.6. The number of amides is 1. The van der Waals surface area contributed by atoms with Gasteiger partial charge in [-0.05, 0) is 25.0 Å². The number of carbonyl (C=O) groups is 1. The third-order valence-electron chi connectivity index (χ3n) is 3.25. The number of pyridine rings is 1. The van der Waals surface area contributed by atoms with Gasteiger partial charge in [-0.25, -0.2) is 4.98 Å². The maximum atomic E-state index is 12.5. The highest BCUT2D eigenvalue weighted by atomic mass is 16.5. The van der Waals surface area contributed by atoms with E-state index in [1.165, 1.54) is 0 Å². The number of hydrogen-bond acceptors (Lipinski definition) is 4. The first-order valence-electron chi connectivity index (χ1n) is 6.80. The predicted octanol–water partition coefficient (Wildman–Crippen LogP) is 1.55. The molecule has 0 bridgehead atoms. The van der Waals surface area contributed by atoms with Crippen LogP contribution in [0.2, 0.25) is 0 Å². The Kier molecular flexibility index (Phi) is 4.74. The summed E-state index contributed by atoms with van der Waals surface area (Å²) in [6.07, 6.45) is 1.72. The molecule has 2 rings (SSSR count). The molecular formula is C14H21N3O2. The minimum Gasteiger partial charge on any atom is -0.380 e. The molecule has 1 fully saturated rings. The lowest BCUT2D eigenvalue weighted by Crippen LogP contribution is -2.33. The van der Waals surface area contributed by atoms with Gasteiger partial charge in [0, 0.05) is 38.0 Å². The molecule has 2 heterocycles. The van der Waals surface area contributed by atoms with Gasteiger partial charge >= 0.3 is 0 Å². The molecule has 0 radical (unpaired) electrons. The summed E-state index contributed by atoms with van der Waals surface area (Å²) in [5, 5.41) is 3.01. The predicted molar refractivity (Wildman–Crippen MR) is 74.5 cm³/mol. The van der Waals surface area contributed by atoms with E-state index in [1.54, 1.807) is 0 Å². The molecule has 0 spiro atoms. The molecule has 1 aromatic heterocycles. The molecule has 5 nitrogen and oxygen atoms in total. The molecule has 1 aliphatic heterocycles. The molecule has 1 saturated heterocycles. The van der Waals surface area contributed by atoms with Crippen LogP contribution in [0.3, 0.4) is 0 Å². The molecule has 0 unspecified atom stereocenters. The van der Waals surface area contributed by atoms with Gasteiger partial charge in [0.15, 0.2) is 0 Å². The number of nitrogens with one attached hydrogen (secondary N) is 1. The van der Waals surface area contributed by atoms with Gasteiger partial charge in [-0.15, -0.1) is 0 Å². The minimum atomic E-state index is 0.0686. The second-order valence-corrected chi connectivity index (χ2v) is 4.59. The lowest BCUT2D eigenvalue weighted by Gasteiger charge is -2.20. The Morgan fingerprint density at radius 3 is 3.00 bits per heavy atom. The van der Waals surface area contributed by atoms with E-state index >= 15 is 0 Å². The second-order valence-electron chi connectivity index (χ2n) is 4.59. The first-order valence-corrected chi connectivity index (χ1v) is 6.80. The van der Waals surface area contributed by atoms with Crippen LogP contribution in [-0.2, 0) is 11.2 Å². The molecule has 1 N–H and O–H groups in total. The number of anilines is 1. The summed E-state index contributed by atoms with van der Waals surface area (Å²) in [5.74, 6) is 0.813. The Labute approximate surface area is 114 Å². The standard InChI is InChI=1S/C14H21N3O2/c1-3-12-9-11(10-13(15-2)16-12)14(18)17-5-4-7-19-8-6-17/h9-10H,3-8H2,1-2H3,(H,15,16). The van der Waals surface area contributed by atoms with Crippen molar-refractivity contribution < 1.29 is 9.53 Å². The topological polar surface area (TPSA) is 54.5 Å². The third kappa shape index (κ3) is 3.44. The van der Waals surface area contributed by atoms with Crippen molar-refractivity contribution in [3.63, 3.8) is 0 Å². The maximum absolute atomic E-state index is 12.5. The van der Waals surface area contributed by atoms with E-state index in [0.717, 1.165) is 37.5 Å². The Bertz CT molecular complexity index is 418. The van der Waals surface area contributed by atoms with Crippen LogP contribution in [0.25, 0.3) is 0 Å². The molecule has 104 valence electrons. The van der Waals surface area contributed by atoms with Gasteiger partial charge < -0.3 is 15.0 Å². The first kappa shape index (κ1) is 13.8. The van der Waals surface area contributed by atoms with E-state index in [4.69, 9.17) is 4.74 Å². The zero-order valence-electron chi connectivity index (χ0n) is 11.6. The van der Waals surface area contributed by atoms with Crippen molar-refractivity contribution in [3.05, 3.63) is 23.4 Å². The van der Waals surface area contributed by atoms with Crippen LogP contribution >= 0.6 is 0 Å². The summed E-state index contributed by atoms with van der Waals surface area (Å²) in [6, 6.07) is 3.70. The van der Waals surface area contributed by atoms with Crippen LogP contribution in [0.15, 0.2) is 12.1 Å². The van der Waals surface area contributed by atoms with Crippen molar-refractivity contribution in [2.24, 2.45) is 0 Å². The highest BCUT2D eigenvalue weighted by Gasteiger charge is 2.18. The molecule has 0 aliphatic carbocycles. The number of carbonyl (C=O) groups excluding carboxylic acids is 1. The summed E-state index contributed by atoms with van der Waals surface area (Å²) in [7, 11) is 1.82. The molecule has 0 aromatic carbocycles. The zero-order chi connectivity index (χ0) is 13.7. The van der Waals surface area contributed by atoms with Gasteiger partial charge in [-0.3, -0.25) is 4.79 Å². The second kappa shape index (κ2) is 6.52. The molecule has 5 heteroatoms. The molecule has 1 amide bonds. The number of nitrogens with zero attached hydrogens (tertiary/aromatic N) is 2. The Morgan fingerprint density at radius 1 is 1.42 bits per heavy atom. The summed E-state index contributed by atoms with van der Waals surface area (Å²) in [5.41, 5.74) is 1.64. The number of rotatable bonds is 3. The Balaban J connectivity index is 2.21. The highest BCUT2D eigenvalue weighted by molar-refractivity contribution is 5.95. The SMILES string of the molecule is CCc1cc(C(=O)N2CCCOCC2)cc(NC)n1. The quantitative estimate of drug-likeness (QED) is 0.899. The van der Waals surface area contributed by atoms with E-state index < -0.39 is 0 Å². The van der Waals surface area contributed by atoms with Crippen molar-refractivity contribution >= 4 is 11.7 Å². The fourth-order valence-electron chi connectivity index (χ4n) is 2.15. The van der Waals surface area contributed by atoms with Crippen molar-refractivity contribution in [2.45, 2.75) is 19.8 Å². The van der Waals surface area contributed by atoms with E-state index in [1.807, 2.05) is 31.0 Å².